The van der Waals surface area contributed by atoms with Gasteiger partial charge in [-0.05, 0) is 34.4 Å². The summed E-state index contributed by atoms with van der Waals surface area (Å²) in [4.78, 5) is 0. The number of tetrazole rings is 1. The first kappa shape index (κ1) is 13.5. The average Bonchev–Trinajstić information content (AvgIpc) is 2.91. The van der Waals surface area contributed by atoms with Crippen molar-refractivity contribution in [3.05, 3.63) is 35.4 Å². The van der Waals surface area contributed by atoms with Crippen LogP contribution in [0.1, 0.15) is 37.8 Å². The lowest BCUT2D eigenvalue weighted by molar-refractivity contribution is 0.556. The summed E-state index contributed by atoms with van der Waals surface area (Å²) in [5.41, 5.74) is 2.60. The summed E-state index contributed by atoms with van der Waals surface area (Å²) in [6, 6.07) is 8.62. The average molecular weight is 259 g/mol. The second-order valence-corrected chi connectivity index (χ2v) is 4.60. The maximum atomic E-state index is 4.01. The van der Waals surface area contributed by atoms with Gasteiger partial charge in [0.1, 0.15) is 0 Å². The van der Waals surface area contributed by atoms with E-state index in [-0.39, 0.29) is 0 Å². The van der Waals surface area contributed by atoms with E-state index in [2.05, 4.69) is 59.0 Å². The maximum Gasteiger partial charge on any atom is 0.243 e. The molecular weight excluding hydrogens is 238 g/mol. The van der Waals surface area contributed by atoms with Gasteiger partial charge < -0.3 is 5.32 Å². The van der Waals surface area contributed by atoms with E-state index >= 15 is 0 Å². The third-order valence-corrected chi connectivity index (χ3v) is 3.14. The van der Waals surface area contributed by atoms with Gasteiger partial charge in [-0.15, -0.1) is 0 Å². The highest BCUT2D eigenvalue weighted by atomic mass is 15.6. The monoisotopic (exact) mass is 259 g/mol. The lowest BCUT2D eigenvalue weighted by Crippen LogP contribution is -2.09. The SMILES string of the molecule is CCCCn1nnnc1NCc1ccc(CC)cc1. The summed E-state index contributed by atoms with van der Waals surface area (Å²) < 4.78 is 1.82. The highest BCUT2D eigenvalue weighted by molar-refractivity contribution is 5.28. The van der Waals surface area contributed by atoms with Crippen molar-refractivity contribution in [2.45, 2.75) is 46.2 Å². The maximum absolute atomic E-state index is 4.01. The van der Waals surface area contributed by atoms with Crippen molar-refractivity contribution in [2.24, 2.45) is 0 Å². The molecule has 0 saturated heterocycles. The Balaban J connectivity index is 1.92. The van der Waals surface area contributed by atoms with Gasteiger partial charge in [0.05, 0.1) is 0 Å². The van der Waals surface area contributed by atoms with Crippen LogP contribution in [0.2, 0.25) is 0 Å². The van der Waals surface area contributed by atoms with E-state index in [1.807, 2.05) is 4.68 Å². The van der Waals surface area contributed by atoms with Crippen molar-refractivity contribution in [3.63, 3.8) is 0 Å². The Hall–Kier alpha value is -1.91. The summed E-state index contributed by atoms with van der Waals surface area (Å²) >= 11 is 0. The van der Waals surface area contributed by atoms with Gasteiger partial charge in [-0.25, -0.2) is 4.68 Å². The van der Waals surface area contributed by atoms with Crippen LogP contribution in [0.15, 0.2) is 24.3 Å². The molecule has 0 unspecified atom stereocenters. The third-order valence-electron chi connectivity index (χ3n) is 3.14. The molecule has 19 heavy (non-hydrogen) atoms. The molecule has 2 aromatic rings. The molecule has 0 fully saturated rings. The molecule has 0 atom stereocenters. The molecule has 5 heteroatoms. The van der Waals surface area contributed by atoms with Gasteiger partial charge in [0.25, 0.3) is 0 Å². The van der Waals surface area contributed by atoms with E-state index in [0.29, 0.717) is 0 Å². The predicted octanol–water partition coefficient (Wildman–Crippen LogP) is 2.65. The van der Waals surface area contributed by atoms with Crippen LogP contribution in [0.3, 0.4) is 0 Å². The van der Waals surface area contributed by atoms with E-state index in [9.17, 15) is 0 Å². The van der Waals surface area contributed by atoms with Gasteiger partial charge in [-0.1, -0.05) is 49.6 Å². The molecule has 1 aromatic heterocycles. The minimum Gasteiger partial charge on any atom is -0.349 e. The summed E-state index contributed by atoms with van der Waals surface area (Å²) in [6.07, 6.45) is 3.30. The topological polar surface area (TPSA) is 55.6 Å². The molecule has 0 aliphatic rings. The van der Waals surface area contributed by atoms with Crippen molar-refractivity contribution in [2.75, 3.05) is 5.32 Å². The van der Waals surface area contributed by atoms with Gasteiger partial charge in [-0.2, -0.15) is 0 Å². The number of benzene rings is 1. The first-order valence-electron chi connectivity index (χ1n) is 6.91. The quantitative estimate of drug-likeness (QED) is 0.830. The van der Waals surface area contributed by atoms with Gasteiger partial charge >= 0.3 is 0 Å². The van der Waals surface area contributed by atoms with Gasteiger partial charge in [0, 0.05) is 13.1 Å². The third kappa shape index (κ3) is 3.77. The van der Waals surface area contributed by atoms with Crippen molar-refractivity contribution in [1.82, 2.24) is 20.2 Å². The van der Waals surface area contributed by atoms with Crippen LogP contribution in [-0.4, -0.2) is 20.2 Å². The number of hydrogen-bond donors (Lipinski definition) is 1. The van der Waals surface area contributed by atoms with Gasteiger partial charge in [0.15, 0.2) is 0 Å². The molecule has 0 saturated carbocycles. The molecule has 0 bridgehead atoms. The molecule has 1 aromatic carbocycles. The fourth-order valence-electron chi connectivity index (χ4n) is 1.86. The Morgan fingerprint density at radius 3 is 2.53 bits per heavy atom. The zero-order valence-electron chi connectivity index (χ0n) is 11.6. The minimum absolute atomic E-state index is 0.744. The number of nitrogens with zero attached hydrogens (tertiary/aromatic N) is 4. The highest BCUT2D eigenvalue weighted by Crippen LogP contribution is 2.08. The first-order valence-corrected chi connectivity index (χ1v) is 6.91. The Labute approximate surface area is 114 Å². The number of unbranched alkanes of at least 4 members (excludes halogenated alkanes) is 1. The lowest BCUT2D eigenvalue weighted by atomic mass is 10.1. The summed E-state index contributed by atoms with van der Waals surface area (Å²) in [5.74, 6) is 0.744. The first-order chi connectivity index (χ1) is 9.33. The van der Waals surface area contributed by atoms with Crippen LogP contribution >= 0.6 is 0 Å². The number of aromatic nitrogens is 4. The fraction of sp³-hybridized carbons (Fsp3) is 0.500. The number of anilines is 1. The normalized spacial score (nSPS) is 10.6. The van der Waals surface area contributed by atoms with Gasteiger partial charge in [-0.3, -0.25) is 0 Å². The molecule has 0 amide bonds. The molecule has 0 aliphatic carbocycles. The molecule has 1 N–H and O–H groups in total. The summed E-state index contributed by atoms with van der Waals surface area (Å²) in [7, 11) is 0. The lowest BCUT2D eigenvalue weighted by Gasteiger charge is -2.07. The van der Waals surface area contributed by atoms with E-state index < -0.39 is 0 Å². The largest absolute Gasteiger partial charge is 0.349 e. The van der Waals surface area contributed by atoms with Crippen molar-refractivity contribution >= 4 is 5.95 Å². The van der Waals surface area contributed by atoms with Crippen molar-refractivity contribution in [3.8, 4) is 0 Å². The van der Waals surface area contributed by atoms with E-state index in [1.165, 1.54) is 11.1 Å². The highest BCUT2D eigenvalue weighted by Gasteiger charge is 2.04. The number of hydrogen-bond acceptors (Lipinski definition) is 4. The van der Waals surface area contributed by atoms with Crippen LogP contribution in [0.5, 0.6) is 0 Å². The van der Waals surface area contributed by atoms with E-state index in [0.717, 1.165) is 38.3 Å². The Morgan fingerprint density at radius 2 is 1.84 bits per heavy atom. The van der Waals surface area contributed by atoms with Crippen LogP contribution in [0.25, 0.3) is 0 Å². The molecule has 2 rings (SSSR count). The molecule has 0 spiro atoms. The number of aryl methyl sites for hydroxylation is 2. The zero-order chi connectivity index (χ0) is 13.5. The number of nitrogens with one attached hydrogen (secondary N) is 1. The molecule has 5 nitrogen and oxygen atoms in total. The zero-order valence-corrected chi connectivity index (χ0v) is 11.6. The van der Waals surface area contributed by atoms with Crippen LogP contribution in [-0.2, 0) is 19.5 Å². The summed E-state index contributed by atoms with van der Waals surface area (Å²) in [6.45, 7) is 5.93. The van der Waals surface area contributed by atoms with Crippen LogP contribution < -0.4 is 5.32 Å². The molecule has 1 heterocycles. The van der Waals surface area contributed by atoms with Crippen LogP contribution in [0.4, 0.5) is 5.95 Å². The second-order valence-electron chi connectivity index (χ2n) is 4.60. The van der Waals surface area contributed by atoms with E-state index in [1.54, 1.807) is 0 Å². The van der Waals surface area contributed by atoms with Crippen molar-refractivity contribution in [1.29, 1.82) is 0 Å². The Morgan fingerprint density at radius 1 is 1.11 bits per heavy atom. The van der Waals surface area contributed by atoms with Crippen molar-refractivity contribution < 1.29 is 0 Å². The van der Waals surface area contributed by atoms with Gasteiger partial charge in [0.2, 0.25) is 5.95 Å². The predicted molar refractivity (Wildman–Crippen MR) is 75.9 cm³/mol. The molecule has 0 aliphatic heterocycles. The standard InChI is InChI=1S/C14H21N5/c1-3-5-10-19-14(16-17-18-19)15-11-13-8-6-12(4-2)7-9-13/h6-9H,3-5,10-11H2,1-2H3,(H,15,16,18). The van der Waals surface area contributed by atoms with E-state index in [4.69, 9.17) is 0 Å². The second kappa shape index (κ2) is 6.87. The number of rotatable bonds is 7. The Kier molecular flexibility index (Phi) is 4.89. The molecular formula is C14H21N5. The smallest absolute Gasteiger partial charge is 0.243 e. The fourth-order valence-corrected chi connectivity index (χ4v) is 1.86. The molecule has 0 radical (unpaired) electrons. The Bertz CT molecular complexity index is 489. The van der Waals surface area contributed by atoms with Crippen LogP contribution in [0, 0.1) is 0 Å². The minimum atomic E-state index is 0.744. The molecule has 102 valence electrons. The summed E-state index contributed by atoms with van der Waals surface area (Å²) in [5, 5.41) is 15.0.